The Morgan fingerprint density at radius 2 is 1.07 bits per heavy atom. The fourth-order valence-electron chi connectivity index (χ4n) is 2.99. The third-order valence-electron chi connectivity index (χ3n) is 4.30. The van der Waals surface area contributed by atoms with Crippen LogP contribution in [-0.2, 0) is 4.79 Å². The molecule has 2 aromatic carbocycles. The minimum atomic E-state index is -0.741. The third-order valence-corrected chi connectivity index (χ3v) is 4.30. The lowest BCUT2D eigenvalue weighted by molar-refractivity contribution is -0.140. The van der Waals surface area contributed by atoms with Gasteiger partial charge in [-0.1, -0.05) is 26.0 Å². The van der Waals surface area contributed by atoms with Crippen LogP contribution in [-0.4, -0.2) is 17.7 Å². The highest BCUT2D eigenvalue weighted by molar-refractivity contribution is 5.68. The highest BCUT2D eigenvalue weighted by atomic mass is 16.4. The Morgan fingerprint density at radius 1 is 0.778 bits per heavy atom. The standard InChI is InChI=1S/C19H22N2.C4H8O2/c1-14-7-15(2)10-18(9-14)20-5-6-21(13-20)19-11-16(3)8-17(4)12-19;1-3(2)4(5)6/h5-12H,13H2,1-4H3;3H,1-2H3,(H,5,6). The van der Waals surface area contributed by atoms with Gasteiger partial charge in [-0.05, 0) is 74.2 Å². The smallest absolute Gasteiger partial charge is 0.305 e. The number of aryl methyl sites for hydroxylation is 4. The van der Waals surface area contributed by atoms with Gasteiger partial charge in [-0.3, -0.25) is 4.79 Å². The summed E-state index contributed by atoms with van der Waals surface area (Å²) in [6.07, 6.45) is 4.32. The van der Waals surface area contributed by atoms with Crippen molar-refractivity contribution in [2.75, 3.05) is 16.5 Å². The lowest BCUT2D eigenvalue weighted by Crippen LogP contribution is -2.24. The van der Waals surface area contributed by atoms with E-state index in [0.29, 0.717) is 0 Å². The Labute approximate surface area is 162 Å². The first-order chi connectivity index (χ1) is 12.7. The molecule has 0 fully saturated rings. The van der Waals surface area contributed by atoms with Crippen molar-refractivity contribution in [1.82, 2.24) is 0 Å². The van der Waals surface area contributed by atoms with Gasteiger partial charge in [0.25, 0.3) is 0 Å². The van der Waals surface area contributed by atoms with Crippen molar-refractivity contribution in [3.8, 4) is 0 Å². The van der Waals surface area contributed by atoms with Gasteiger partial charge in [-0.15, -0.1) is 0 Å². The lowest BCUT2D eigenvalue weighted by Gasteiger charge is -2.22. The van der Waals surface area contributed by atoms with Crippen molar-refractivity contribution in [3.05, 3.63) is 71.1 Å². The van der Waals surface area contributed by atoms with Crippen LogP contribution in [0.2, 0.25) is 0 Å². The maximum Gasteiger partial charge on any atom is 0.305 e. The minimum absolute atomic E-state index is 0.231. The van der Waals surface area contributed by atoms with Gasteiger partial charge in [-0.25, -0.2) is 0 Å². The number of hydrogen-bond acceptors (Lipinski definition) is 3. The molecule has 144 valence electrons. The third kappa shape index (κ3) is 5.88. The second kappa shape index (κ2) is 8.76. The van der Waals surface area contributed by atoms with Crippen LogP contribution < -0.4 is 9.80 Å². The van der Waals surface area contributed by atoms with Crippen LogP contribution in [0.25, 0.3) is 0 Å². The van der Waals surface area contributed by atoms with E-state index in [1.165, 1.54) is 33.6 Å². The summed E-state index contributed by atoms with van der Waals surface area (Å²) in [5, 5.41) is 7.99. The van der Waals surface area contributed by atoms with Gasteiger partial charge in [-0.2, -0.15) is 0 Å². The zero-order valence-electron chi connectivity index (χ0n) is 17.2. The van der Waals surface area contributed by atoms with E-state index in [9.17, 15) is 4.79 Å². The molecule has 1 heterocycles. The fourth-order valence-corrected chi connectivity index (χ4v) is 2.99. The second-order valence-electron chi connectivity index (χ2n) is 7.56. The number of benzene rings is 2. The van der Waals surface area contributed by atoms with Crippen molar-refractivity contribution < 1.29 is 9.90 Å². The molecule has 0 aliphatic carbocycles. The molecule has 27 heavy (non-hydrogen) atoms. The first kappa shape index (κ1) is 20.6. The highest BCUT2D eigenvalue weighted by Gasteiger charge is 2.16. The Morgan fingerprint density at radius 3 is 1.33 bits per heavy atom. The molecule has 3 rings (SSSR count). The van der Waals surface area contributed by atoms with E-state index in [1.54, 1.807) is 13.8 Å². The van der Waals surface area contributed by atoms with Gasteiger partial charge in [0.05, 0.1) is 12.6 Å². The molecule has 4 nitrogen and oxygen atoms in total. The minimum Gasteiger partial charge on any atom is -0.481 e. The van der Waals surface area contributed by atoms with E-state index in [1.807, 2.05) is 0 Å². The predicted molar refractivity (Wildman–Crippen MR) is 113 cm³/mol. The molecule has 0 saturated heterocycles. The normalized spacial score (nSPS) is 13.0. The van der Waals surface area contributed by atoms with E-state index in [0.717, 1.165) is 6.67 Å². The summed E-state index contributed by atoms with van der Waals surface area (Å²) in [5.74, 6) is -0.972. The van der Waals surface area contributed by atoms with Crippen LogP contribution in [0, 0.1) is 33.6 Å². The van der Waals surface area contributed by atoms with Crippen LogP contribution in [0.1, 0.15) is 36.1 Å². The number of rotatable bonds is 3. The Hall–Kier alpha value is -2.75. The van der Waals surface area contributed by atoms with Crippen LogP contribution in [0.4, 0.5) is 11.4 Å². The van der Waals surface area contributed by atoms with E-state index in [2.05, 4.69) is 86.3 Å². The van der Waals surface area contributed by atoms with Crippen molar-refractivity contribution in [2.24, 2.45) is 5.92 Å². The molecule has 2 aromatic rings. The summed E-state index contributed by atoms with van der Waals surface area (Å²) in [7, 11) is 0. The van der Waals surface area contributed by atoms with Crippen LogP contribution in [0.15, 0.2) is 48.8 Å². The SMILES string of the molecule is CC(C)C(=O)O.Cc1cc(C)cc(N2C=CN(c3cc(C)cc(C)c3)C2)c1. The number of nitrogens with zero attached hydrogens (tertiary/aromatic N) is 2. The van der Waals surface area contributed by atoms with Gasteiger partial charge in [0, 0.05) is 23.8 Å². The summed E-state index contributed by atoms with van der Waals surface area (Å²) in [6.45, 7) is 12.8. The quantitative estimate of drug-likeness (QED) is 0.789. The summed E-state index contributed by atoms with van der Waals surface area (Å²) in [5.41, 5.74) is 7.75. The summed E-state index contributed by atoms with van der Waals surface area (Å²) in [6, 6.07) is 13.4. The van der Waals surface area contributed by atoms with Crippen molar-refractivity contribution in [1.29, 1.82) is 0 Å². The van der Waals surface area contributed by atoms with Crippen molar-refractivity contribution >= 4 is 17.3 Å². The van der Waals surface area contributed by atoms with Gasteiger partial charge >= 0.3 is 5.97 Å². The maximum atomic E-state index is 9.70. The average molecular weight is 367 g/mol. The van der Waals surface area contributed by atoms with Gasteiger partial charge in [0.2, 0.25) is 0 Å². The molecule has 4 heteroatoms. The second-order valence-corrected chi connectivity index (χ2v) is 7.56. The molecule has 0 atom stereocenters. The molecule has 0 saturated carbocycles. The van der Waals surface area contributed by atoms with Crippen LogP contribution in [0.5, 0.6) is 0 Å². The molecule has 0 unspecified atom stereocenters. The Balaban J connectivity index is 0.000000380. The van der Waals surface area contributed by atoms with Crippen LogP contribution in [0.3, 0.4) is 0 Å². The summed E-state index contributed by atoms with van der Waals surface area (Å²) < 4.78 is 0. The molecule has 0 spiro atoms. The number of carboxylic acid groups (broad SMARTS) is 1. The molecule has 0 bridgehead atoms. The lowest BCUT2D eigenvalue weighted by atomic mass is 10.1. The van der Waals surface area contributed by atoms with Crippen molar-refractivity contribution in [3.63, 3.8) is 0 Å². The number of aliphatic carboxylic acids is 1. The molecule has 1 N–H and O–H groups in total. The van der Waals surface area contributed by atoms with Crippen molar-refractivity contribution in [2.45, 2.75) is 41.5 Å². The van der Waals surface area contributed by atoms with E-state index >= 15 is 0 Å². The number of carbonyl (C=O) groups is 1. The molecule has 1 aliphatic rings. The monoisotopic (exact) mass is 366 g/mol. The van der Waals surface area contributed by atoms with Gasteiger partial charge in [0.1, 0.15) is 0 Å². The Kier molecular flexibility index (Phi) is 6.67. The maximum absolute atomic E-state index is 9.70. The van der Waals surface area contributed by atoms with Gasteiger partial charge in [0.15, 0.2) is 0 Å². The number of anilines is 2. The molecular weight excluding hydrogens is 336 g/mol. The van der Waals surface area contributed by atoms with Gasteiger partial charge < -0.3 is 14.9 Å². The number of hydrogen-bond donors (Lipinski definition) is 1. The van der Waals surface area contributed by atoms with E-state index in [4.69, 9.17) is 5.11 Å². The predicted octanol–water partition coefficient (Wildman–Crippen LogP) is 5.40. The van der Waals surface area contributed by atoms with E-state index < -0.39 is 5.97 Å². The highest BCUT2D eigenvalue weighted by Crippen LogP contribution is 2.27. The zero-order chi connectivity index (χ0) is 20.1. The average Bonchev–Trinajstić information content (AvgIpc) is 3.03. The molecule has 1 aliphatic heterocycles. The molecule has 0 aromatic heterocycles. The Bertz CT molecular complexity index is 740. The topological polar surface area (TPSA) is 43.8 Å². The zero-order valence-corrected chi connectivity index (χ0v) is 17.2. The summed E-state index contributed by atoms with van der Waals surface area (Å²) >= 11 is 0. The first-order valence-electron chi connectivity index (χ1n) is 9.26. The largest absolute Gasteiger partial charge is 0.481 e. The fraction of sp³-hybridized carbons (Fsp3) is 0.348. The van der Waals surface area contributed by atoms with Crippen LogP contribution >= 0.6 is 0 Å². The molecule has 0 amide bonds. The molecule has 0 radical (unpaired) electrons. The summed E-state index contributed by atoms with van der Waals surface area (Å²) in [4.78, 5) is 14.3. The van der Waals surface area contributed by atoms with E-state index in [-0.39, 0.29) is 5.92 Å². The first-order valence-corrected chi connectivity index (χ1v) is 9.26. The molecular formula is C23H30N2O2. The number of carboxylic acids is 1.